The average molecular weight is 400 g/mol. The van der Waals surface area contributed by atoms with Gasteiger partial charge in [0.15, 0.2) is 0 Å². The second kappa shape index (κ2) is 7.99. The summed E-state index contributed by atoms with van der Waals surface area (Å²) in [5.41, 5.74) is 1.23. The van der Waals surface area contributed by atoms with E-state index in [9.17, 15) is 26.4 Å². The number of nitrogens with zero attached hydrogens (tertiary/aromatic N) is 1. The lowest BCUT2D eigenvalue weighted by Gasteiger charge is -2.18. The molecule has 2 rings (SSSR count). The van der Waals surface area contributed by atoms with Crippen molar-refractivity contribution in [3.8, 4) is 0 Å². The minimum absolute atomic E-state index is 0.00760. The fourth-order valence-electron chi connectivity index (χ4n) is 2.34. The van der Waals surface area contributed by atoms with Gasteiger partial charge in [-0.1, -0.05) is 18.2 Å². The summed E-state index contributed by atoms with van der Waals surface area (Å²) >= 11 is 0. The van der Waals surface area contributed by atoms with Gasteiger partial charge in [-0.3, -0.25) is 9.52 Å². The molecule has 0 fully saturated rings. The lowest BCUT2D eigenvalue weighted by Crippen LogP contribution is -2.30. The summed E-state index contributed by atoms with van der Waals surface area (Å²) in [5, 5.41) is 0. The van der Waals surface area contributed by atoms with E-state index in [0.717, 1.165) is 16.5 Å². The molecule has 146 valence electrons. The van der Waals surface area contributed by atoms with E-state index in [2.05, 4.69) is 4.72 Å². The molecule has 0 saturated heterocycles. The number of amides is 1. The Morgan fingerprint density at radius 1 is 1.11 bits per heavy atom. The van der Waals surface area contributed by atoms with Gasteiger partial charge in [0.25, 0.3) is 15.9 Å². The Kier molecular flexibility index (Phi) is 6.15. The van der Waals surface area contributed by atoms with Gasteiger partial charge in [-0.05, 0) is 42.8 Å². The van der Waals surface area contributed by atoms with Gasteiger partial charge in [0.1, 0.15) is 0 Å². The first-order valence-corrected chi connectivity index (χ1v) is 9.48. The first-order chi connectivity index (χ1) is 12.5. The molecule has 2 aromatic rings. The third-order valence-electron chi connectivity index (χ3n) is 3.74. The number of rotatable bonds is 6. The molecule has 0 aliphatic heterocycles. The minimum Gasteiger partial charge on any atom is -0.341 e. The van der Waals surface area contributed by atoms with Crippen molar-refractivity contribution in [1.82, 2.24) is 4.90 Å². The molecule has 0 atom stereocenters. The van der Waals surface area contributed by atoms with Gasteiger partial charge in [0.05, 0.1) is 11.3 Å². The van der Waals surface area contributed by atoms with Gasteiger partial charge in [-0.25, -0.2) is 8.42 Å². The fraction of sp³-hybridized carbons (Fsp3) is 0.278. The van der Waals surface area contributed by atoms with E-state index in [-0.39, 0.29) is 10.5 Å². The maximum absolute atomic E-state index is 12.5. The summed E-state index contributed by atoms with van der Waals surface area (Å²) in [6, 6.07) is 11.9. The summed E-state index contributed by atoms with van der Waals surface area (Å²) in [6.45, 7) is 1.30. The van der Waals surface area contributed by atoms with Crippen LogP contribution in [0.3, 0.4) is 0 Å². The van der Waals surface area contributed by atoms with Crippen LogP contribution < -0.4 is 4.72 Å². The van der Waals surface area contributed by atoms with Gasteiger partial charge in [-0.15, -0.1) is 0 Å². The molecule has 0 spiro atoms. The van der Waals surface area contributed by atoms with Crippen LogP contribution >= 0.6 is 0 Å². The first-order valence-electron chi connectivity index (χ1n) is 8.00. The van der Waals surface area contributed by atoms with Gasteiger partial charge in [-0.2, -0.15) is 13.2 Å². The standard InChI is InChI=1S/C18H19F3N2O3S/c1-13-5-3-7-15(11-13)22-27(25,26)16-8-4-6-14(12-16)17(24)23(2)10-9-18(19,20)21/h3-8,11-12,22H,9-10H2,1-2H3. The highest BCUT2D eigenvalue weighted by molar-refractivity contribution is 7.92. The van der Waals surface area contributed by atoms with Gasteiger partial charge in [0, 0.05) is 24.8 Å². The van der Waals surface area contributed by atoms with Crippen molar-refractivity contribution in [1.29, 1.82) is 0 Å². The number of hydrogen-bond donors (Lipinski definition) is 1. The van der Waals surface area contributed by atoms with Gasteiger partial charge >= 0.3 is 6.18 Å². The van der Waals surface area contributed by atoms with E-state index in [0.29, 0.717) is 5.69 Å². The Labute approximate surface area is 155 Å². The normalized spacial score (nSPS) is 11.9. The van der Waals surface area contributed by atoms with Crippen molar-refractivity contribution in [3.05, 3.63) is 59.7 Å². The van der Waals surface area contributed by atoms with Crippen molar-refractivity contribution in [2.45, 2.75) is 24.4 Å². The number of alkyl halides is 3. The monoisotopic (exact) mass is 400 g/mol. The van der Waals surface area contributed by atoms with E-state index >= 15 is 0 Å². The molecule has 0 radical (unpaired) electrons. The topological polar surface area (TPSA) is 66.5 Å². The molecule has 1 amide bonds. The molecule has 9 heteroatoms. The lowest BCUT2D eigenvalue weighted by molar-refractivity contribution is -0.136. The van der Waals surface area contributed by atoms with Gasteiger partial charge < -0.3 is 4.90 Å². The molecule has 5 nitrogen and oxygen atoms in total. The number of sulfonamides is 1. The van der Waals surface area contributed by atoms with Crippen LogP contribution in [0.25, 0.3) is 0 Å². The Balaban J connectivity index is 2.19. The van der Waals surface area contributed by atoms with E-state index < -0.39 is 35.1 Å². The quantitative estimate of drug-likeness (QED) is 0.802. The highest BCUT2D eigenvalue weighted by Crippen LogP contribution is 2.21. The zero-order valence-corrected chi connectivity index (χ0v) is 15.6. The predicted molar refractivity (Wildman–Crippen MR) is 96.1 cm³/mol. The number of benzene rings is 2. The zero-order chi connectivity index (χ0) is 20.2. The van der Waals surface area contributed by atoms with Crippen LogP contribution in [0.1, 0.15) is 22.3 Å². The highest BCUT2D eigenvalue weighted by Gasteiger charge is 2.28. The van der Waals surface area contributed by atoms with E-state index in [1.54, 1.807) is 18.2 Å². The number of halogens is 3. The van der Waals surface area contributed by atoms with E-state index in [1.807, 2.05) is 13.0 Å². The summed E-state index contributed by atoms with van der Waals surface area (Å²) < 4.78 is 64.4. The predicted octanol–water partition coefficient (Wildman–Crippen LogP) is 3.82. The number of hydrogen-bond acceptors (Lipinski definition) is 3. The van der Waals surface area contributed by atoms with Gasteiger partial charge in [0.2, 0.25) is 0 Å². The van der Waals surface area contributed by atoms with Crippen LogP contribution in [-0.4, -0.2) is 39.0 Å². The van der Waals surface area contributed by atoms with Crippen LogP contribution in [0.5, 0.6) is 0 Å². The molecule has 0 aliphatic carbocycles. The SMILES string of the molecule is Cc1cccc(NS(=O)(=O)c2cccc(C(=O)N(C)CCC(F)(F)F)c2)c1. The molecule has 0 aromatic heterocycles. The molecule has 0 bridgehead atoms. The second-order valence-electron chi connectivity index (χ2n) is 6.09. The summed E-state index contributed by atoms with van der Waals surface area (Å²) in [4.78, 5) is 13.0. The van der Waals surface area contributed by atoms with Crippen LogP contribution in [0.4, 0.5) is 18.9 Å². The minimum atomic E-state index is -4.38. The van der Waals surface area contributed by atoms with Crippen LogP contribution in [0, 0.1) is 6.92 Å². The Morgan fingerprint density at radius 2 is 1.78 bits per heavy atom. The molecule has 1 N–H and O–H groups in total. The lowest BCUT2D eigenvalue weighted by atomic mass is 10.2. The fourth-order valence-corrected chi connectivity index (χ4v) is 3.43. The third kappa shape index (κ3) is 5.99. The zero-order valence-electron chi connectivity index (χ0n) is 14.7. The summed E-state index contributed by atoms with van der Waals surface area (Å²) in [5.74, 6) is -0.688. The molecule has 2 aromatic carbocycles. The maximum Gasteiger partial charge on any atom is 0.390 e. The molecule has 0 heterocycles. The number of aryl methyl sites for hydroxylation is 1. The van der Waals surface area contributed by atoms with Crippen molar-refractivity contribution in [3.63, 3.8) is 0 Å². The van der Waals surface area contributed by atoms with Crippen molar-refractivity contribution in [2.75, 3.05) is 18.3 Å². The Bertz CT molecular complexity index is 927. The van der Waals surface area contributed by atoms with Crippen molar-refractivity contribution in [2.24, 2.45) is 0 Å². The average Bonchev–Trinajstić information content (AvgIpc) is 2.58. The van der Waals surface area contributed by atoms with Crippen LogP contribution in [0.15, 0.2) is 53.4 Å². The third-order valence-corrected chi connectivity index (χ3v) is 5.12. The van der Waals surface area contributed by atoms with Crippen molar-refractivity contribution >= 4 is 21.6 Å². The van der Waals surface area contributed by atoms with E-state index in [1.165, 1.54) is 25.2 Å². The Morgan fingerprint density at radius 3 is 2.41 bits per heavy atom. The number of carbonyl (C=O) groups is 1. The van der Waals surface area contributed by atoms with Crippen LogP contribution in [0.2, 0.25) is 0 Å². The van der Waals surface area contributed by atoms with Crippen molar-refractivity contribution < 1.29 is 26.4 Å². The summed E-state index contributed by atoms with van der Waals surface area (Å²) in [6.07, 6.45) is -5.51. The number of carbonyl (C=O) groups excluding carboxylic acids is 1. The number of anilines is 1. The number of nitrogens with one attached hydrogen (secondary N) is 1. The van der Waals surface area contributed by atoms with E-state index in [4.69, 9.17) is 0 Å². The largest absolute Gasteiger partial charge is 0.390 e. The smallest absolute Gasteiger partial charge is 0.341 e. The first kappa shape index (κ1) is 20.8. The molecule has 27 heavy (non-hydrogen) atoms. The molecular weight excluding hydrogens is 381 g/mol. The molecular formula is C18H19F3N2O3S. The molecule has 0 saturated carbocycles. The molecule has 0 unspecified atom stereocenters. The maximum atomic E-state index is 12.5. The summed E-state index contributed by atoms with van der Waals surface area (Å²) in [7, 11) is -2.71. The molecule has 0 aliphatic rings. The highest BCUT2D eigenvalue weighted by atomic mass is 32.2. The van der Waals surface area contributed by atoms with Crippen LogP contribution in [-0.2, 0) is 10.0 Å². The Hall–Kier alpha value is -2.55. The second-order valence-corrected chi connectivity index (χ2v) is 7.78.